The highest BCUT2D eigenvalue weighted by molar-refractivity contribution is 6.04. The quantitative estimate of drug-likeness (QED) is 0.745. The fraction of sp³-hybridized carbons (Fsp3) is 0.211. The molecule has 2 N–H and O–H groups in total. The fourth-order valence-electron chi connectivity index (χ4n) is 3.13. The summed E-state index contributed by atoms with van der Waals surface area (Å²) in [6.45, 7) is 2.01. The number of benzene rings is 2. The number of fused-ring (bicyclic) bond motifs is 1. The molecule has 0 aliphatic heterocycles. The molecule has 1 aromatic heterocycles. The molecule has 23 heavy (non-hydrogen) atoms. The zero-order valence-corrected chi connectivity index (χ0v) is 12.8. The van der Waals surface area contributed by atoms with Crippen LogP contribution in [0.4, 0.5) is 10.1 Å². The predicted octanol–water partition coefficient (Wildman–Crippen LogP) is 4.29. The number of hydrogen-bond donors (Lipinski definition) is 2. The normalized spacial score (nSPS) is 15.6. The number of nitrogens with one attached hydrogen (secondary N) is 2. The molecule has 4 heteroatoms. The molecular formula is C19H17FN2O. The van der Waals surface area contributed by atoms with Gasteiger partial charge in [0.15, 0.2) is 0 Å². The molecule has 116 valence electrons. The molecule has 3 aromatic rings. The van der Waals surface area contributed by atoms with E-state index in [2.05, 4.69) is 10.3 Å². The molecule has 1 aliphatic carbocycles. The lowest BCUT2D eigenvalue weighted by Crippen LogP contribution is -2.27. The van der Waals surface area contributed by atoms with Gasteiger partial charge in [0.2, 0.25) is 5.91 Å². The smallest absolute Gasteiger partial charge is 0.235 e. The van der Waals surface area contributed by atoms with Gasteiger partial charge in [0.1, 0.15) is 5.82 Å². The lowest BCUT2D eigenvalue weighted by Gasteiger charge is -2.15. The number of carbonyl (C=O) groups excluding carboxylic acids is 1. The number of halogens is 1. The van der Waals surface area contributed by atoms with Crippen molar-refractivity contribution in [1.82, 2.24) is 4.98 Å². The van der Waals surface area contributed by atoms with Crippen molar-refractivity contribution in [3.05, 3.63) is 65.6 Å². The molecule has 3 nitrogen and oxygen atoms in total. The first-order valence-corrected chi connectivity index (χ1v) is 7.74. The molecule has 0 radical (unpaired) electrons. The molecular weight excluding hydrogens is 291 g/mol. The summed E-state index contributed by atoms with van der Waals surface area (Å²) in [6, 6.07) is 12.4. The van der Waals surface area contributed by atoms with Gasteiger partial charge >= 0.3 is 0 Å². The van der Waals surface area contributed by atoms with Crippen LogP contribution in [0, 0.1) is 12.7 Å². The van der Waals surface area contributed by atoms with Gasteiger partial charge in [-0.25, -0.2) is 4.39 Å². The highest BCUT2D eigenvalue weighted by Crippen LogP contribution is 2.51. The number of amides is 1. The number of aromatic amines is 1. The van der Waals surface area contributed by atoms with E-state index in [4.69, 9.17) is 0 Å². The Hall–Kier alpha value is -2.62. The molecule has 2 aromatic carbocycles. The largest absolute Gasteiger partial charge is 0.361 e. The van der Waals surface area contributed by atoms with Crippen LogP contribution in [-0.2, 0) is 10.2 Å². The van der Waals surface area contributed by atoms with E-state index in [9.17, 15) is 9.18 Å². The van der Waals surface area contributed by atoms with Crippen LogP contribution in [0.2, 0.25) is 0 Å². The minimum Gasteiger partial charge on any atom is -0.361 e. The zero-order valence-electron chi connectivity index (χ0n) is 12.8. The second-order valence-corrected chi connectivity index (χ2v) is 6.29. The van der Waals surface area contributed by atoms with E-state index < -0.39 is 5.41 Å². The van der Waals surface area contributed by atoms with E-state index in [0.29, 0.717) is 0 Å². The second kappa shape index (κ2) is 4.95. The van der Waals surface area contributed by atoms with Crippen molar-refractivity contribution in [2.24, 2.45) is 0 Å². The predicted molar refractivity (Wildman–Crippen MR) is 89.0 cm³/mol. The molecule has 0 atom stereocenters. The van der Waals surface area contributed by atoms with Crippen LogP contribution in [0.15, 0.2) is 48.7 Å². The Labute approximate surface area is 133 Å². The number of rotatable bonds is 3. The Kier molecular flexibility index (Phi) is 3.01. The van der Waals surface area contributed by atoms with Gasteiger partial charge in [-0.2, -0.15) is 0 Å². The minimum absolute atomic E-state index is 0.00609. The van der Waals surface area contributed by atoms with Gasteiger partial charge in [-0.1, -0.05) is 17.7 Å². The van der Waals surface area contributed by atoms with Gasteiger partial charge in [-0.15, -0.1) is 0 Å². The molecule has 4 rings (SSSR count). The molecule has 1 aliphatic rings. The molecule has 1 amide bonds. The molecule has 0 unspecified atom stereocenters. The highest BCUT2D eigenvalue weighted by Gasteiger charge is 2.52. The SMILES string of the molecule is Cc1ccc(NC(=O)C2(c3c[nH]c4cc(F)ccc34)CC2)cc1. The van der Waals surface area contributed by atoms with Crippen LogP contribution in [0.3, 0.4) is 0 Å². The first-order chi connectivity index (χ1) is 11.1. The minimum atomic E-state index is -0.499. The number of anilines is 1. The topological polar surface area (TPSA) is 44.9 Å². The number of aromatic nitrogens is 1. The van der Waals surface area contributed by atoms with Crippen molar-refractivity contribution in [2.45, 2.75) is 25.2 Å². The van der Waals surface area contributed by atoms with Crippen LogP contribution in [0.1, 0.15) is 24.0 Å². The summed E-state index contributed by atoms with van der Waals surface area (Å²) in [4.78, 5) is 15.9. The maximum atomic E-state index is 13.3. The molecule has 1 heterocycles. The summed E-state index contributed by atoms with van der Waals surface area (Å²) in [5, 5.41) is 3.93. The average Bonchev–Trinajstić information content (AvgIpc) is 3.24. The average molecular weight is 308 g/mol. The van der Waals surface area contributed by atoms with E-state index in [-0.39, 0.29) is 11.7 Å². The maximum Gasteiger partial charge on any atom is 0.235 e. The van der Waals surface area contributed by atoms with Gasteiger partial charge in [0, 0.05) is 22.8 Å². The van der Waals surface area contributed by atoms with Crippen LogP contribution in [0.25, 0.3) is 10.9 Å². The van der Waals surface area contributed by atoms with Crippen LogP contribution in [0.5, 0.6) is 0 Å². The fourth-order valence-corrected chi connectivity index (χ4v) is 3.13. The van der Waals surface area contributed by atoms with Crippen molar-refractivity contribution >= 4 is 22.5 Å². The summed E-state index contributed by atoms with van der Waals surface area (Å²) in [6.07, 6.45) is 3.47. The van der Waals surface area contributed by atoms with Gasteiger partial charge < -0.3 is 10.3 Å². The van der Waals surface area contributed by atoms with Crippen molar-refractivity contribution < 1.29 is 9.18 Å². The Morgan fingerprint density at radius 1 is 1.17 bits per heavy atom. The maximum absolute atomic E-state index is 13.3. The third-order valence-corrected chi connectivity index (χ3v) is 4.65. The molecule has 1 fully saturated rings. The lowest BCUT2D eigenvalue weighted by atomic mass is 9.94. The number of carbonyl (C=O) groups is 1. The Bertz CT molecular complexity index is 891. The molecule has 0 spiro atoms. The van der Waals surface area contributed by atoms with Crippen LogP contribution >= 0.6 is 0 Å². The Balaban J connectivity index is 1.66. The second-order valence-electron chi connectivity index (χ2n) is 6.29. The van der Waals surface area contributed by atoms with Crippen LogP contribution < -0.4 is 5.32 Å². The Morgan fingerprint density at radius 2 is 1.91 bits per heavy atom. The van der Waals surface area contributed by atoms with E-state index >= 15 is 0 Å². The number of aryl methyl sites for hydroxylation is 1. The van der Waals surface area contributed by atoms with Crippen molar-refractivity contribution in [3.63, 3.8) is 0 Å². The summed E-state index contributed by atoms with van der Waals surface area (Å²) in [5.74, 6) is -0.272. The number of H-pyrrole nitrogens is 1. The van der Waals surface area contributed by atoms with Gasteiger partial charge in [-0.05, 0) is 55.7 Å². The van der Waals surface area contributed by atoms with E-state index in [1.54, 1.807) is 6.07 Å². The molecule has 0 saturated heterocycles. The lowest BCUT2D eigenvalue weighted by molar-refractivity contribution is -0.118. The zero-order chi connectivity index (χ0) is 16.0. The molecule has 1 saturated carbocycles. The van der Waals surface area contributed by atoms with Gasteiger partial charge in [0.05, 0.1) is 5.41 Å². The standard InChI is InChI=1S/C19H17FN2O/c1-12-2-5-14(6-3-12)22-18(23)19(8-9-19)16-11-21-17-10-13(20)4-7-15(16)17/h2-7,10-11,21H,8-9H2,1H3,(H,22,23). The first kappa shape index (κ1) is 14.0. The van der Waals surface area contributed by atoms with Crippen molar-refractivity contribution in [2.75, 3.05) is 5.32 Å². The molecule has 0 bridgehead atoms. The summed E-state index contributed by atoms with van der Waals surface area (Å²) < 4.78 is 13.3. The van der Waals surface area contributed by atoms with Crippen LogP contribution in [-0.4, -0.2) is 10.9 Å². The van der Waals surface area contributed by atoms with Gasteiger partial charge in [0.25, 0.3) is 0 Å². The third-order valence-electron chi connectivity index (χ3n) is 4.65. The third kappa shape index (κ3) is 2.31. The van der Waals surface area contributed by atoms with Crippen molar-refractivity contribution in [1.29, 1.82) is 0 Å². The van der Waals surface area contributed by atoms with E-state index in [0.717, 1.165) is 40.6 Å². The monoisotopic (exact) mass is 308 g/mol. The summed E-state index contributed by atoms with van der Waals surface area (Å²) in [7, 11) is 0. The van der Waals surface area contributed by atoms with Crippen molar-refractivity contribution in [3.8, 4) is 0 Å². The van der Waals surface area contributed by atoms with E-state index in [1.807, 2.05) is 37.4 Å². The first-order valence-electron chi connectivity index (χ1n) is 7.74. The van der Waals surface area contributed by atoms with Gasteiger partial charge in [-0.3, -0.25) is 4.79 Å². The Morgan fingerprint density at radius 3 is 2.61 bits per heavy atom. The summed E-state index contributed by atoms with van der Waals surface area (Å²) in [5.41, 5.74) is 3.15. The number of hydrogen-bond acceptors (Lipinski definition) is 1. The summed E-state index contributed by atoms with van der Waals surface area (Å²) >= 11 is 0. The highest BCUT2D eigenvalue weighted by atomic mass is 19.1. The van der Waals surface area contributed by atoms with E-state index in [1.165, 1.54) is 12.1 Å².